The molecule has 4 rings (SSSR count). The van der Waals surface area contributed by atoms with Crippen LogP contribution in [-0.4, -0.2) is 50.9 Å². The molecule has 1 fully saturated rings. The Hall–Kier alpha value is -3.63. The summed E-state index contributed by atoms with van der Waals surface area (Å²) in [5.74, 6) is -0.978. The van der Waals surface area contributed by atoms with E-state index in [0.717, 1.165) is 36.4 Å². The second kappa shape index (κ2) is 14.7. The van der Waals surface area contributed by atoms with Crippen molar-refractivity contribution in [2.45, 2.75) is 69.0 Å². The van der Waals surface area contributed by atoms with Crippen molar-refractivity contribution in [3.63, 3.8) is 0 Å². The topological polar surface area (TPSA) is 96.0 Å². The second-order valence-electron chi connectivity index (χ2n) is 10.6. The van der Waals surface area contributed by atoms with Gasteiger partial charge in [0.25, 0.3) is 10.0 Å². The molecule has 0 heterocycles. The van der Waals surface area contributed by atoms with E-state index in [2.05, 4.69) is 5.32 Å². The number of benzene rings is 3. The van der Waals surface area contributed by atoms with Gasteiger partial charge in [-0.05, 0) is 67.3 Å². The zero-order valence-electron chi connectivity index (χ0n) is 24.3. The third-order valence-corrected chi connectivity index (χ3v) is 9.72. The molecule has 43 heavy (non-hydrogen) atoms. The van der Waals surface area contributed by atoms with Crippen LogP contribution >= 0.6 is 11.6 Å². The van der Waals surface area contributed by atoms with Crippen LogP contribution in [0.25, 0.3) is 0 Å². The van der Waals surface area contributed by atoms with Gasteiger partial charge in [-0.3, -0.25) is 13.9 Å². The minimum Gasteiger partial charge on any atom is -0.495 e. The van der Waals surface area contributed by atoms with Crippen LogP contribution in [0.5, 0.6) is 5.75 Å². The summed E-state index contributed by atoms with van der Waals surface area (Å²) < 4.78 is 47.8. The van der Waals surface area contributed by atoms with Crippen molar-refractivity contribution in [2.75, 3.05) is 18.0 Å². The quantitative estimate of drug-likeness (QED) is 0.268. The van der Waals surface area contributed by atoms with Crippen LogP contribution in [0.1, 0.15) is 51.0 Å². The van der Waals surface area contributed by atoms with Crippen molar-refractivity contribution in [1.82, 2.24) is 10.2 Å². The van der Waals surface area contributed by atoms with E-state index in [9.17, 15) is 22.4 Å². The zero-order chi connectivity index (χ0) is 31.0. The Morgan fingerprint density at radius 2 is 1.70 bits per heavy atom. The van der Waals surface area contributed by atoms with Crippen LogP contribution in [0.3, 0.4) is 0 Å². The number of carbonyl (C=O) groups excluding carboxylic acids is 2. The number of rotatable bonds is 12. The summed E-state index contributed by atoms with van der Waals surface area (Å²) in [6.45, 7) is 1.18. The minimum atomic E-state index is -4.24. The molecule has 1 saturated carbocycles. The van der Waals surface area contributed by atoms with E-state index in [1.165, 1.54) is 54.5 Å². The monoisotopic (exact) mass is 629 g/mol. The van der Waals surface area contributed by atoms with Gasteiger partial charge in [0.2, 0.25) is 11.8 Å². The van der Waals surface area contributed by atoms with Crippen LogP contribution in [-0.2, 0) is 26.2 Å². The van der Waals surface area contributed by atoms with Crippen LogP contribution in [0, 0.1) is 5.82 Å². The summed E-state index contributed by atoms with van der Waals surface area (Å²) in [7, 11) is -2.79. The number of nitrogens with zero attached hydrogens (tertiary/aromatic N) is 2. The maximum Gasteiger partial charge on any atom is 0.264 e. The SMILES string of the molecule is CCC(C(=O)NC1CCCCC1)N(Cc1ccc(F)cc1)C(=O)CN(c1ccc(OC)c(Cl)c1)S(=O)(=O)c1ccccc1. The Morgan fingerprint density at radius 1 is 1.02 bits per heavy atom. The van der Waals surface area contributed by atoms with Crippen molar-refractivity contribution < 1.29 is 27.1 Å². The number of anilines is 1. The molecule has 1 aliphatic rings. The summed E-state index contributed by atoms with van der Waals surface area (Å²) >= 11 is 6.37. The number of carbonyl (C=O) groups is 2. The summed E-state index contributed by atoms with van der Waals surface area (Å²) in [5, 5.41) is 3.27. The third kappa shape index (κ3) is 8.06. The standard InChI is InChI=1S/C32H37ClFN3O5S/c1-3-29(32(39)35-25-10-6-4-7-11-25)36(21-23-14-16-24(34)17-15-23)31(38)22-37(26-18-19-30(42-2)28(33)20-26)43(40,41)27-12-8-5-9-13-27/h5,8-9,12-20,25,29H,3-4,6-7,10-11,21-22H2,1-2H3,(H,35,39). The average molecular weight is 630 g/mol. The van der Waals surface area contributed by atoms with Crippen LogP contribution in [0.4, 0.5) is 10.1 Å². The van der Waals surface area contributed by atoms with Crippen molar-refractivity contribution in [2.24, 2.45) is 0 Å². The first-order valence-corrected chi connectivity index (χ1v) is 16.2. The van der Waals surface area contributed by atoms with E-state index in [0.29, 0.717) is 17.7 Å². The average Bonchev–Trinajstić information content (AvgIpc) is 3.01. The lowest BCUT2D eigenvalue weighted by Crippen LogP contribution is -2.54. The summed E-state index contributed by atoms with van der Waals surface area (Å²) in [6.07, 6.45) is 5.21. The first-order chi connectivity index (χ1) is 20.6. The maximum absolute atomic E-state index is 14.2. The van der Waals surface area contributed by atoms with E-state index in [-0.39, 0.29) is 34.1 Å². The lowest BCUT2D eigenvalue weighted by molar-refractivity contribution is -0.140. The molecule has 8 nitrogen and oxygen atoms in total. The molecule has 3 aromatic rings. The molecule has 3 aromatic carbocycles. The highest BCUT2D eigenvalue weighted by Gasteiger charge is 2.34. The minimum absolute atomic E-state index is 0.0121. The highest BCUT2D eigenvalue weighted by Crippen LogP contribution is 2.32. The van der Waals surface area contributed by atoms with E-state index in [1.807, 2.05) is 0 Å². The normalized spacial score (nSPS) is 14.5. The molecule has 2 amide bonds. The number of hydrogen-bond acceptors (Lipinski definition) is 5. The summed E-state index contributed by atoms with van der Waals surface area (Å²) in [5.41, 5.74) is 0.757. The van der Waals surface area contributed by atoms with Crippen molar-refractivity contribution in [3.05, 3.63) is 89.2 Å². The Kier molecular flexibility index (Phi) is 11.0. The Balaban J connectivity index is 1.72. The number of sulfonamides is 1. The molecule has 0 bridgehead atoms. The number of ether oxygens (including phenoxy) is 1. The Labute approximate surface area is 257 Å². The first-order valence-electron chi connectivity index (χ1n) is 14.4. The van der Waals surface area contributed by atoms with Gasteiger partial charge in [-0.2, -0.15) is 0 Å². The molecule has 1 aliphatic carbocycles. The molecule has 230 valence electrons. The lowest BCUT2D eigenvalue weighted by Gasteiger charge is -2.34. The van der Waals surface area contributed by atoms with Crippen molar-refractivity contribution in [3.8, 4) is 5.75 Å². The van der Waals surface area contributed by atoms with Crippen LogP contribution in [0.15, 0.2) is 77.7 Å². The van der Waals surface area contributed by atoms with Gasteiger partial charge < -0.3 is 15.0 Å². The van der Waals surface area contributed by atoms with Gasteiger partial charge in [-0.25, -0.2) is 12.8 Å². The predicted octanol–water partition coefficient (Wildman–Crippen LogP) is 5.94. The molecule has 1 atom stereocenters. The van der Waals surface area contributed by atoms with Crippen LogP contribution < -0.4 is 14.4 Å². The van der Waals surface area contributed by atoms with Gasteiger partial charge in [0.1, 0.15) is 24.2 Å². The number of nitrogens with one attached hydrogen (secondary N) is 1. The number of hydrogen-bond donors (Lipinski definition) is 1. The van der Waals surface area contributed by atoms with Gasteiger partial charge in [0.05, 0.1) is 22.7 Å². The third-order valence-electron chi connectivity index (χ3n) is 7.64. The van der Waals surface area contributed by atoms with Crippen LogP contribution in [0.2, 0.25) is 5.02 Å². The molecule has 1 unspecified atom stereocenters. The number of halogens is 2. The van der Waals surface area contributed by atoms with E-state index in [4.69, 9.17) is 16.3 Å². The molecular weight excluding hydrogens is 593 g/mol. The van der Waals surface area contributed by atoms with Crippen molar-refractivity contribution in [1.29, 1.82) is 0 Å². The summed E-state index contributed by atoms with van der Waals surface area (Å²) in [6, 6.07) is 17.0. The Morgan fingerprint density at radius 3 is 2.30 bits per heavy atom. The molecule has 0 saturated heterocycles. The van der Waals surface area contributed by atoms with Gasteiger partial charge in [0, 0.05) is 12.6 Å². The molecule has 1 N–H and O–H groups in total. The number of amides is 2. The smallest absolute Gasteiger partial charge is 0.264 e. The van der Waals surface area contributed by atoms with Crippen molar-refractivity contribution >= 4 is 39.1 Å². The molecule has 0 aliphatic heterocycles. The first kappa shape index (κ1) is 32.3. The Bertz CT molecular complexity index is 1500. The highest BCUT2D eigenvalue weighted by atomic mass is 35.5. The van der Waals surface area contributed by atoms with E-state index >= 15 is 0 Å². The van der Waals surface area contributed by atoms with Gasteiger partial charge >= 0.3 is 0 Å². The predicted molar refractivity (Wildman–Crippen MR) is 165 cm³/mol. The molecule has 11 heteroatoms. The maximum atomic E-state index is 14.2. The highest BCUT2D eigenvalue weighted by molar-refractivity contribution is 7.92. The van der Waals surface area contributed by atoms with Gasteiger partial charge in [-0.1, -0.05) is 68.1 Å². The fourth-order valence-corrected chi connectivity index (χ4v) is 6.99. The molecule has 0 radical (unpaired) electrons. The zero-order valence-corrected chi connectivity index (χ0v) is 25.9. The van der Waals surface area contributed by atoms with Gasteiger partial charge in [0.15, 0.2) is 0 Å². The number of methoxy groups -OCH3 is 1. The summed E-state index contributed by atoms with van der Waals surface area (Å²) in [4.78, 5) is 29.2. The lowest BCUT2D eigenvalue weighted by atomic mass is 9.95. The van der Waals surface area contributed by atoms with Gasteiger partial charge in [-0.15, -0.1) is 0 Å². The second-order valence-corrected chi connectivity index (χ2v) is 12.8. The van der Waals surface area contributed by atoms with E-state index < -0.39 is 34.3 Å². The molecule has 0 spiro atoms. The fourth-order valence-electron chi connectivity index (χ4n) is 5.31. The molecule has 0 aromatic heterocycles. The fraction of sp³-hybridized carbons (Fsp3) is 0.375. The largest absolute Gasteiger partial charge is 0.495 e. The molecular formula is C32H37ClFN3O5S. The van der Waals surface area contributed by atoms with E-state index in [1.54, 1.807) is 37.3 Å².